The Kier molecular flexibility index (Phi) is 1.95. The van der Waals surface area contributed by atoms with Crippen LogP contribution in [0.2, 0.25) is 0 Å². The number of aliphatic hydroxyl groups excluding tert-OH is 1. The first kappa shape index (κ1) is 8.81. The van der Waals surface area contributed by atoms with Crippen LogP contribution in [0, 0.1) is 0 Å². The summed E-state index contributed by atoms with van der Waals surface area (Å²) >= 11 is 0. The Hall–Kier alpha value is -0.770. The summed E-state index contributed by atoms with van der Waals surface area (Å²) < 4.78 is 5.10. The summed E-state index contributed by atoms with van der Waals surface area (Å²) in [6.45, 7) is 2.21. The van der Waals surface area contributed by atoms with Gasteiger partial charge in [-0.3, -0.25) is 0 Å². The van der Waals surface area contributed by atoms with Gasteiger partial charge >= 0.3 is 6.09 Å². The van der Waals surface area contributed by atoms with Gasteiger partial charge in [0.2, 0.25) is 0 Å². The number of nitrogens with zero attached hydrogens (tertiary/aromatic N) is 1. The molecule has 1 atom stereocenters. The summed E-state index contributed by atoms with van der Waals surface area (Å²) in [7, 11) is 0. The number of rotatable bonds is 2. The van der Waals surface area contributed by atoms with E-state index in [9.17, 15) is 4.79 Å². The third kappa shape index (κ3) is 1.39. The molecule has 1 saturated heterocycles. The fourth-order valence-electron chi connectivity index (χ4n) is 1.79. The predicted octanol–water partition coefficient (Wildman–Crippen LogP) is 0.742. The van der Waals surface area contributed by atoms with Crippen LogP contribution >= 0.6 is 0 Å². The molecule has 4 nitrogen and oxygen atoms in total. The zero-order valence-corrected chi connectivity index (χ0v) is 7.82. The fourth-order valence-corrected chi connectivity index (χ4v) is 1.79. The molecule has 0 aromatic carbocycles. The molecule has 1 saturated carbocycles. The van der Waals surface area contributed by atoms with Gasteiger partial charge in [-0.2, -0.15) is 0 Å². The smallest absolute Gasteiger partial charge is 0.410 e. The maximum absolute atomic E-state index is 11.4. The van der Waals surface area contributed by atoms with E-state index in [4.69, 9.17) is 9.84 Å². The highest BCUT2D eigenvalue weighted by atomic mass is 16.6. The molecule has 1 unspecified atom stereocenters. The van der Waals surface area contributed by atoms with Gasteiger partial charge in [0.1, 0.15) is 0 Å². The van der Waals surface area contributed by atoms with Gasteiger partial charge in [0.05, 0.1) is 13.2 Å². The maximum atomic E-state index is 11.4. The summed E-state index contributed by atoms with van der Waals surface area (Å²) in [5, 5.41) is 9.03. The molecule has 1 heterocycles. The van der Waals surface area contributed by atoms with Crippen molar-refractivity contribution in [2.45, 2.75) is 37.8 Å². The number of cyclic esters (lactones) is 1. The Morgan fingerprint density at radius 2 is 2.38 bits per heavy atom. The Morgan fingerprint density at radius 3 is 2.77 bits per heavy atom. The van der Waals surface area contributed by atoms with Gasteiger partial charge < -0.3 is 14.7 Å². The second-order valence-electron chi connectivity index (χ2n) is 4.19. The molecule has 0 radical (unpaired) electrons. The van der Waals surface area contributed by atoms with E-state index in [0.717, 1.165) is 12.8 Å². The lowest BCUT2D eigenvalue weighted by Crippen LogP contribution is -2.43. The lowest BCUT2D eigenvalue weighted by molar-refractivity contribution is 0.0218. The average Bonchev–Trinajstić information content (AvgIpc) is 2.26. The maximum Gasteiger partial charge on any atom is 0.410 e. The molecule has 13 heavy (non-hydrogen) atoms. The molecule has 1 aliphatic carbocycles. The van der Waals surface area contributed by atoms with Crippen molar-refractivity contribution < 1.29 is 14.6 Å². The minimum atomic E-state index is -0.674. The predicted molar refractivity (Wildman–Crippen MR) is 46.3 cm³/mol. The van der Waals surface area contributed by atoms with Gasteiger partial charge in [0, 0.05) is 6.04 Å². The lowest BCUT2D eigenvalue weighted by Gasteiger charge is -2.33. The van der Waals surface area contributed by atoms with Gasteiger partial charge in [0.25, 0.3) is 0 Å². The van der Waals surface area contributed by atoms with Crippen LogP contribution in [0.3, 0.4) is 0 Å². The minimum absolute atomic E-state index is 0.0953. The SMILES string of the molecule is CC1(CO)CN(C2CCC2)C(=O)O1. The van der Waals surface area contributed by atoms with E-state index in [1.807, 2.05) is 0 Å². The standard InChI is InChI=1S/C9H15NO3/c1-9(6-11)5-10(8(12)13-9)7-3-2-4-7/h7,11H,2-6H2,1H3. The fraction of sp³-hybridized carbons (Fsp3) is 0.889. The van der Waals surface area contributed by atoms with E-state index in [1.54, 1.807) is 11.8 Å². The van der Waals surface area contributed by atoms with E-state index >= 15 is 0 Å². The molecule has 2 rings (SSSR count). The molecular weight excluding hydrogens is 170 g/mol. The number of amides is 1. The number of aliphatic hydroxyl groups is 1. The number of ether oxygens (including phenoxy) is 1. The Balaban J connectivity index is 2.02. The van der Waals surface area contributed by atoms with E-state index in [0.29, 0.717) is 12.6 Å². The van der Waals surface area contributed by atoms with Gasteiger partial charge in [-0.05, 0) is 26.2 Å². The second-order valence-corrected chi connectivity index (χ2v) is 4.19. The molecule has 1 amide bonds. The molecule has 0 aromatic heterocycles. The highest BCUT2D eigenvalue weighted by Gasteiger charge is 2.44. The van der Waals surface area contributed by atoms with Gasteiger partial charge in [-0.15, -0.1) is 0 Å². The van der Waals surface area contributed by atoms with Crippen LogP contribution in [0.1, 0.15) is 26.2 Å². The van der Waals surface area contributed by atoms with Crippen molar-refractivity contribution in [2.24, 2.45) is 0 Å². The molecule has 0 spiro atoms. The Morgan fingerprint density at radius 1 is 1.69 bits per heavy atom. The van der Waals surface area contributed by atoms with E-state index < -0.39 is 5.60 Å². The van der Waals surface area contributed by atoms with Crippen LogP contribution < -0.4 is 0 Å². The summed E-state index contributed by atoms with van der Waals surface area (Å²) in [5.74, 6) is 0. The molecule has 0 bridgehead atoms. The topological polar surface area (TPSA) is 49.8 Å². The minimum Gasteiger partial charge on any atom is -0.439 e. The number of carbonyl (C=O) groups excluding carboxylic acids is 1. The van der Waals surface area contributed by atoms with Gasteiger partial charge in [-0.1, -0.05) is 0 Å². The Labute approximate surface area is 77.5 Å². The molecule has 74 valence electrons. The van der Waals surface area contributed by atoms with Crippen LogP contribution in [0.4, 0.5) is 4.79 Å². The van der Waals surface area contributed by atoms with Crippen molar-refractivity contribution in [3.05, 3.63) is 0 Å². The highest BCUT2D eigenvalue weighted by molar-refractivity contribution is 5.71. The Bertz CT molecular complexity index is 227. The zero-order valence-electron chi connectivity index (χ0n) is 7.82. The summed E-state index contributed by atoms with van der Waals surface area (Å²) in [4.78, 5) is 13.1. The van der Waals surface area contributed by atoms with Crippen LogP contribution in [0.25, 0.3) is 0 Å². The number of carbonyl (C=O) groups is 1. The molecular formula is C9H15NO3. The molecule has 1 N–H and O–H groups in total. The van der Waals surface area contributed by atoms with Crippen molar-refractivity contribution in [2.75, 3.05) is 13.2 Å². The van der Waals surface area contributed by atoms with Crippen LogP contribution in [-0.2, 0) is 4.74 Å². The highest BCUT2D eigenvalue weighted by Crippen LogP contribution is 2.31. The van der Waals surface area contributed by atoms with Crippen molar-refractivity contribution >= 4 is 6.09 Å². The first-order chi connectivity index (χ1) is 6.14. The second kappa shape index (κ2) is 2.87. The molecule has 2 fully saturated rings. The largest absolute Gasteiger partial charge is 0.439 e. The normalized spacial score (nSPS) is 34.6. The first-order valence-electron chi connectivity index (χ1n) is 4.75. The monoisotopic (exact) mass is 185 g/mol. The van der Waals surface area contributed by atoms with Gasteiger partial charge in [-0.25, -0.2) is 4.79 Å². The van der Waals surface area contributed by atoms with E-state index in [1.165, 1.54) is 6.42 Å². The number of hydrogen-bond donors (Lipinski definition) is 1. The van der Waals surface area contributed by atoms with Crippen LogP contribution in [0.5, 0.6) is 0 Å². The van der Waals surface area contributed by atoms with Crippen molar-refractivity contribution in [1.29, 1.82) is 0 Å². The summed E-state index contributed by atoms with van der Waals surface area (Å²) in [6.07, 6.45) is 3.10. The zero-order chi connectivity index (χ0) is 9.47. The third-order valence-electron chi connectivity index (χ3n) is 2.92. The molecule has 2 aliphatic rings. The van der Waals surface area contributed by atoms with Crippen LogP contribution in [-0.4, -0.2) is 40.9 Å². The molecule has 0 aromatic rings. The summed E-state index contributed by atoms with van der Waals surface area (Å²) in [5.41, 5.74) is -0.674. The van der Waals surface area contributed by atoms with Crippen molar-refractivity contribution in [1.82, 2.24) is 4.90 Å². The number of hydrogen-bond acceptors (Lipinski definition) is 3. The van der Waals surface area contributed by atoms with Gasteiger partial charge in [0.15, 0.2) is 5.60 Å². The molecule has 1 aliphatic heterocycles. The van der Waals surface area contributed by atoms with Crippen LogP contribution in [0.15, 0.2) is 0 Å². The summed E-state index contributed by atoms with van der Waals surface area (Å²) in [6, 6.07) is 0.362. The van der Waals surface area contributed by atoms with Crippen molar-refractivity contribution in [3.8, 4) is 0 Å². The molecule has 4 heteroatoms. The van der Waals surface area contributed by atoms with Crippen molar-refractivity contribution in [3.63, 3.8) is 0 Å². The average molecular weight is 185 g/mol. The van der Waals surface area contributed by atoms with E-state index in [-0.39, 0.29) is 12.7 Å². The van der Waals surface area contributed by atoms with E-state index in [2.05, 4.69) is 0 Å². The first-order valence-corrected chi connectivity index (χ1v) is 4.75. The lowest BCUT2D eigenvalue weighted by atomic mass is 9.91. The quantitative estimate of drug-likeness (QED) is 0.690. The third-order valence-corrected chi connectivity index (χ3v) is 2.92.